The number of carbonyl (C=O) groups excluding carboxylic acids is 3. The number of nitrogens with zero attached hydrogens (tertiary/aromatic N) is 2. The van der Waals surface area contributed by atoms with Gasteiger partial charge in [0.25, 0.3) is 0 Å². The minimum Gasteiger partial charge on any atom is -0.382 e. The number of hydrogen-bond donors (Lipinski definition) is 4. The lowest BCUT2D eigenvalue weighted by Gasteiger charge is -2.27. The molecule has 2 saturated heterocycles. The van der Waals surface area contributed by atoms with Gasteiger partial charge in [-0.05, 0) is 44.4 Å². The van der Waals surface area contributed by atoms with Gasteiger partial charge in [-0.3, -0.25) is 9.59 Å². The number of urea groups is 1. The number of anilines is 1. The molecule has 0 radical (unpaired) electrons. The van der Waals surface area contributed by atoms with Crippen molar-refractivity contribution < 1.29 is 66.3 Å². The average Bonchev–Trinajstić information content (AvgIpc) is 4.36. The highest BCUT2D eigenvalue weighted by molar-refractivity contribution is 8.00. The fraction of sp³-hybridized carbons (Fsp3) is 0.639. The largest absolute Gasteiger partial charge is 0.382 e. The molecule has 0 saturated carbocycles. The molecule has 4 heterocycles. The van der Waals surface area contributed by atoms with Crippen molar-refractivity contribution in [2.24, 2.45) is 0 Å². The van der Waals surface area contributed by atoms with Gasteiger partial charge in [-0.2, -0.15) is 16.3 Å². The minimum absolute atomic E-state index is 0.0215. The molecule has 0 bridgehead atoms. The molecule has 4 aliphatic rings. The summed E-state index contributed by atoms with van der Waals surface area (Å²) in [7, 11) is 1.66. The van der Waals surface area contributed by atoms with Gasteiger partial charge < -0.3 is 73.5 Å². The van der Waals surface area contributed by atoms with E-state index in [4.69, 9.17) is 47.4 Å². The van der Waals surface area contributed by atoms with Gasteiger partial charge in [-0.15, -0.1) is 0 Å². The monoisotopic (exact) mass is 1150 g/mol. The molecule has 4 N–H and O–H groups in total. The SMILES string of the molecule is COCCOCCOCCOCC[N+]1=C(/C=C/C=C/C=C2N(CCOCCOCCOCCOCCC(=O)NCCOCCOCCNC(=O)CCCC[C@@H]3SC[C@H]4NC(=O)N[C@@H]34)c3ccccc3C2(C)C)C(C)(C)c2ccccc21. The smallest absolute Gasteiger partial charge is 0.315 e. The summed E-state index contributed by atoms with van der Waals surface area (Å²) < 4.78 is 58.6. The van der Waals surface area contributed by atoms with Gasteiger partial charge in [0.15, 0.2) is 12.3 Å². The van der Waals surface area contributed by atoms with E-state index in [0.29, 0.717) is 157 Å². The van der Waals surface area contributed by atoms with Crippen LogP contribution in [0.15, 0.2) is 84.6 Å². The maximum atomic E-state index is 12.2. The molecule has 0 aliphatic carbocycles. The molecule has 4 amide bonds. The van der Waals surface area contributed by atoms with E-state index in [0.717, 1.165) is 31.6 Å². The maximum absolute atomic E-state index is 12.2. The van der Waals surface area contributed by atoms with Crippen molar-refractivity contribution in [2.45, 2.75) is 88.0 Å². The second-order valence-electron chi connectivity index (χ2n) is 21.1. The molecule has 81 heavy (non-hydrogen) atoms. The molecule has 0 spiro atoms. The van der Waals surface area contributed by atoms with Crippen molar-refractivity contribution in [3.8, 4) is 0 Å². The van der Waals surface area contributed by atoms with Crippen LogP contribution in [-0.4, -0.2) is 210 Å². The Hall–Kier alpha value is -4.71. The van der Waals surface area contributed by atoms with Crippen molar-refractivity contribution in [3.63, 3.8) is 0 Å². The second kappa shape index (κ2) is 36.8. The standard InChI is InChI=1S/C61H92N6O13S/c1-60(2)48-15-9-11-17-51(48)66(26-31-75-38-41-79-44-43-77-34-33-71-5)54(60)20-7-6-8-21-55-61(3,4)49-16-10-12-18-52(49)67(55)27-32-76-39-42-80-46-45-78-40-35-72-28-23-57(69)63-25-30-74-37-36-73-29-24-62-56(68)22-14-13-19-53-58-50(47-81-53)64-59(70)65-58/h6-12,15-18,20-21,50,53,58H,13-14,19,22-47H2,1-5H3,(H3-,62,63,64,65,68,69,70)/p+1/t50-,53+,58-/m1/s1. The van der Waals surface area contributed by atoms with Crippen LogP contribution in [0.3, 0.4) is 0 Å². The summed E-state index contributed by atoms with van der Waals surface area (Å²) in [6.07, 6.45) is 14.4. The van der Waals surface area contributed by atoms with Crippen LogP contribution in [0.1, 0.15) is 70.9 Å². The topological polar surface area (TPSA) is 198 Å². The molecular weight excluding hydrogens is 1060 g/mol. The number of fused-ring (bicyclic) bond motifs is 3. The summed E-state index contributed by atoms with van der Waals surface area (Å²) in [4.78, 5) is 38.2. The lowest BCUT2D eigenvalue weighted by molar-refractivity contribution is -0.442. The van der Waals surface area contributed by atoms with Gasteiger partial charge in [0.1, 0.15) is 6.61 Å². The number of benzene rings is 2. The zero-order chi connectivity index (χ0) is 57.4. The highest BCUT2D eigenvalue weighted by Gasteiger charge is 2.45. The van der Waals surface area contributed by atoms with E-state index < -0.39 is 0 Å². The molecule has 450 valence electrons. The molecule has 2 aromatic rings. The van der Waals surface area contributed by atoms with E-state index in [2.05, 4.69) is 137 Å². The first-order valence-electron chi connectivity index (χ1n) is 29.1. The van der Waals surface area contributed by atoms with Gasteiger partial charge in [-0.25, -0.2) is 4.79 Å². The number of nitrogens with one attached hydrogen (secondary N) is 4. The molecule has 20 heteroatoms. The molecule has 6 rings (SSSR count). The van der Waals surface area contributed by atoms with Gasteiger partial charge >= 0.3 is 6.03 Å². The Bertz CT molecular complexity index is 2330. The number of rotatable bonds is 44. The summed E-state index contributed by atoms with van der Waals surface area (Å²) >= 11 is 1.89. The van der Waals surface area contributed by atoms with Crippen LogP contribution >= 0.6 is 11.8 Å². The van der Waals surface area contributed by atoms with Gasteiger partial charge in [0, 0.05) is 85.1 Å². The second-order valence-corrected chi connectivity index (χ2v) is 22.4. The van der Waals surface area contributed by atoms with Crippen molar-refractivity contribution in [1.29, 1.82) is 0 Å². The third-order valence-electron chi connectivity index (χ3n) is 14.6. The van der Waals surface area contributed by atoms with Crippen LogP contribution in [0.25, 0.3) is 0 Å². The third-order valence-corrected chi connectivity index (χ3v) is 16.1. The summed E-state index contributed by atoms with van der Waals surface area (Å²) in [5, 5.41) is 12.1. The predicted octanol–water partition coefficient (Wildman–Crippen LogP) is 6.00. The zero-order valence-electron chi connectivity index (χ0n) is 48.9. The zero-order valence-corrected chi connectivity index (χ0v) is 49.7. The van der Waals surface area contributed by atoms with Gasteiger partial charge in [0.05, 0.1) is 136 Å². The Morgan fingerprint density at radius 1 is 0.630 bits per heavy atom. The normalized spacial score (nSPS) is 19.2. The summed E-state index contributed by atoms with van der Waals surface area (Å²) in [6, 6.07) is 17.6. The Balaban J connectivity index is 0.755. The fourth-order valence-electron chi connectivity index (χ4n) is 10.3. The summed E-state index contributed by atoms with van der Waals surface area (Å²) in [5.41, 5.74) is 7.11. The predicted molar refractivity (Wildman–Crippen MR) is 316 cm³/mol. The van der Waals surface area contributed by atoms with Crippen molar-refractivity contribution in [1.82, 2.24) is 21.3 Å². The van der Waals surface area contributed by atoms with Crippen LogP contribution in [0.5, 0.6) is 0 Å². The van der Waals surface area contributed by atoms with E-state index in [9.17, 15) is 14.4 Å². The molecule has 4 aliphatic heterocycles. The molecule has 0 aromatic heterocycles. The van der Waals surface area contributed by atoms with Crippen molar-refractivity contribution in [3.05, 3.63) is 95.7 Å². The Morgan fingerprint density at radius 3 is 1.84 bits per heavy atom. The molecular formula is C61H93N6O13S+. The first-order valence-corrected chi connectivity index (χ1v) is 30.1. The highest BCUT2D eigenvalue weighted by Crippen LogP contribution is 2.47. The number of allylic oxidation sites excluding steroid dienone is 6. The van der Waals surface area contributed by atoms with Gasteiger partial charge in [-0.1, -0.05) is 74.9 Å². The number of methoxy groups -OCH3 is 1. The van der Waals surface area contributed by atoms with E-state index in [-0.39, 0.29) is 47.2 Å². The highest BCUT2D eigenvalue weighted by atomic mass is 32.2. The number of thioether (sulfide) groups is 1. The molecule has 2 aromatic carbocycles. The number of para-hydroxylation sites is 2. The van der Waals surface area contributed by atoms with E-state index in [1.165, 1.54) is 33.9 Å². The Labute approximate surface area is 485 Å². The first kappa shape index (κ1) is 65.4. The van der Waals surface area contributed by atoms with Crippen LogP contribution in [0.2, 0.25) is 0 Å². The number of amides is 4. The Kier molecular flexibility index (Phi) is 29.7. The van der Waals surface area contributed by atoms with Crippen LogP contribution in [-0.2, 0) is 67.8 Å². The number of ether oxygens (including phenoxy) is 10. The quantitative estimate of drug-likeness (QED) is 0.0261. The molecule has 3 atom stereocenters. The number of carbonyl (C=O) groups is 3. The van der Waals surface area contributed by atoms with E-state index >= 15 is 0 Å². The summed E-state index contributed by atoms with van der Waals surface area (Å²) in [5.74, 6) is 0.863. The Morgan fingerprint density at radius 2 is 1.19 bits per heavy atom. The number of hydrogen-bond acceptors (Lipinski definition) is 15. The van der Waals surface area contributed by atoms with Crippen LogP contribution in [0.4, 0.5) is 16.2 Å². The number of unbranched alkanes of at least 4 members (excludes halogenated alkanes) is 1. The maximum Gasteiger partial charge on any atom is 0.315 e. The first-order chi connectivity index (χ1) is 39.5. The van der Waals surface area contributed by atoms with Crippen LogP contribution < -0.4 is 26.2 Å². The molecule has 0 unspecified atom stereocenters. The van der Waals surface area contributed by atoms with Crippen molar-refractivity contribution in [2.75, 3.05) is 169 Å². The average molecular weight is 1150 g/mol. The lowest BCUT2D eigenvalue weighted by atomic mass is 9.81. The third kappa shape index (κ3) is 21.8. The molecule has 19 nitrogen and oxygen atoms in total. The van der Waals surface area contributed by atoms with E-state index in [1.54, 1.807) is 7.11 Å². The molecule has 2 fully saturated rings. The lowest BCUT2D eigenvalue weighted by Crippen LogP contribution is -2.36. The fourth-order valence-corrected chi connectivity index (χ4v) is 11.9. The van der Waals surface area contributed by atoms with Gasteiger partial charge in [0.2, 0.25) is 17.5 Å². The minimum atomic E-state index is -0.186. The van der Waals surface area contributed by atoms with Crippen molar-refractivity contribution >= 4 is 46.7 Å². The van der Waals surface area contributed by atoms with Crippen LogP contribution in [0, 0.1) is 0 Å². The summed E-state index contributed by atoms with van der Waals surface area (Å²) in [6.45, 7) is 20.3. The van der Waals surface area contributed by atoms with E-state index in [1.807, 2.05) is 11.8 Å².